The van der Waals surface area contributed by atoms with E-state index in [9.17, 15) is 4.79 Å². The van der Waals surface area contributed by atoms with Crippen LogP contribution < -0.4 is 5.32 Å². The van der Waals surface area contributed by atoms with Crippen molar-refractivity contribution in [1.82, 2.24) is 10.2 Å². The van der Waals surface area contributed by atoms with Crippen LogP contribution in [0.2, 0.25) is 0 Å². The third-order valence-electron chi connectivity index (χ3n) is 9.43. The highest BCUT2D eigenvalue weighted by atomic mass is 16.5. The molecule has 0 aromatic rings. The summed E-state index contributed by atoms with van der Waals surface area (Å²) in [4.78, 5) is 15.8. The Kier molecular flexibility index (Phi) is 6.81. The number of amides is 1. The molecule has 4 nitrogen and oxygen atoms in total. The number of fused-ring (bicyclic) bond motifs is 2. The van der Waals surface area contributed by atoms with Gasteiger partial charge in [-0.05, 0) is 85.6 Å². The van der Waals surface area contributed by atoms with E-state index in [1.165, 1.54) is 50.5 Å². The molecule has 0 radical (unpaired) electrons. The molecule has 1 aliphatic heterocycles. The van der Waals surface area contributed by atoms with Gasteiger partial charge in [0.15, 0.2) is 0 Å². The van der Waals surface area contributed by atoms with Gasteiger partial charge >= 0.3 is 0 Å². The summed E-state index contributed by atoms with van der Waals surface area (Å²) in [5.74, 6) is 4.26. The van der Waals surface area contributed by atoms with Crippen molar-refractivity contribution in [3.8, 4) is 0 Å². The van der Waals surface area contributed by atoms with Crippen LogP contribution in [-0.2, 0) is 9.53 Å². The fourth-order valence-electron chi connectivity index (χ4n) is 7.60. The standard InChI is InChI=1S/C28H44N2O2/c1-28(2,25-8-3-5-20(15-25)9-10-30-11-13-32-14-12-30)19-26(31)29-27-22-7-4-6-21-16-24(27)18-23(21)17-22/h3,8,15,20-24,27H,4-7,9-14,16-19H2,1-2H3,(H,29,31). The topological polar surface area (TPSA) is 41.6 Å². The second-order valence-electron chi connectivity index (χ2n) is 12.1. The molecule has 178 valence electrons. The number of morpholine rings is 1. The monoisotopic (exact) mass is 440 g/mol. The van der Waals surface area contributed by atoms with Crippen LogP contribution in [0, 0.1) is 35.0 Å². The molecule has 5 aliphatic rings. The first-order valence-electron chi connectivity index (χ1n) is 13.5. The Morgan fingerprint density at radius 3 is 2.69 bits per heavy atom. The van der Waals surface area contributed by atoms with Gasteiger partial charge in [-0.1, -0.05) is 44.9 Å². The lowest BCUT2D eigenvalue weighted by atomic mass is 9.74. The molecule has 6 unspecified atom stereocenters. The fourth-order valence-corrected chi connectivity index (χ4v) is 7.60. The van der Waals surface area contributed by atoms with E-state index in [-0.39, 0.29) is 11.3 Å². The minimum absolute atomic E-state index is 0.111. The first-order valence-corrected chi connectivity index (χ1v) is 13.5. The Morgan fingerprint density at radius 1 is 1.09 bits per heavy atom. The summed E-state index contributed by atoms with van der Waals surface area (Å²) >= 11 is 0. The molecule has 0 aromatic heterocycles. The van der Waals surface area contributed by atoms with Crippen LogP contribution in [0.1, 0.15) is 71.6 Å². The van der Waals surface area contributed by atoms with Crippen LogP contribution >= 0.6 is 0 Å². The Hall–Kier alpha value is -1.13. The van der Waals surface area contributed by atoms with Crippen molar-refractivity contribution in [3.05, 3.63) is 23.8 Å². The number of rotatable bonds is 7. The molecule has 0 aromatic carbocycles. The Bertz CT molecular complexity index is 736. The van der Waals surface area contributed by atoms with E-state index in [0.29, 0.717) is 18.4 Å². The molecule has 1 heterocycles. The molecular formula is C28H44N2O2. The lowest BCUT2D eigenvalue weighted by molar-refractivity contribution is -0.124. The van der Waals surface area contributed by atoms with E-state index < -0.39 is 0 Å². The van der Waals surface area contributed by atoms with Gasteiger partial charge in [-0.25, -0.2) is 0 Å². The Labute approximate surface area is 195 Å². The number of hydrogen-bond acceptors (Lipinski definition) is 3. The van der Waals surface area contributed by atoms with Gasteiger partial charge < -0.3 is 10.1 Å². The van der Waals surface area contributed by atoms with Gasteiger partial charge in [-0.2, -0.15) is 0 Å². The van der Waals surface area contributed by atoms with Crippen LogP contribution in [0.4, 0.5) is 0 Å². The summed E-state index contributed by atoms with van der Waals surface area (Å²) in [5.41, 5.74) is 1.24. The predicted octanol–water partition coefficient (Wildman–Crippen LogP) is 4.96. The van der Waals surface area contributed by atoms with Gasteiger partial charge in [0.2, 0.25) is 5.91 Å². The molecule has 1 saturated heterocycles. The predicted molar refractivity (Wildman–Crippen MR) is 129 cm³/mol. The maximum atomic E-state index is 13.2. The fraction of sp³-hybridized carbons (Fsp3) is 0.821. The molecule has 4 fully saturated rings. The molecule has 6 atom stereocenters. The third kappa shape index (κ3) is 5.01. The zero-order valence-corrected chi connectivity index (χ0v) is 20.4. The molecule has 3 saturated carbocycles. The average molecular weight is 441 g/mol. The van der Waals surface area contributed by atoms with E-state index >= 15 is 0 Å². The first kappa shape index (κ1) is 22.7. The minimum Gasteiger partial charge on any atom is -0.379 e. The van der Waals surface area contributed by atoms with Crippen LogP contribution in [0.5, 0.6) is 0 Å². The molecule has 1 N–H and O–H groups in total. The highest BCUT2D eigenvalue weighted by Gasteiger charge is 2.48. The normalized spacial score (nSPS) is 37.2. The van der Waals surface area contributed by atoms with Gasteiger partial charge in [-0.3, -0.25) is 9.69 Å². The van der Waals surface area contributed by atoms with E-state index in [1.807, 2.05) is 0 Å². The molecule has 4 aliphatic carbocycles. The smallest absolute Gasteiger partial charge is 0.221 e. The second-order valence-corrected chi connectivity index (χ2v) is 12.1. The van der Waals surface area contributed by atoms with Crippen molar-refractivity contribution in [1.29, 1.82) is 0 Å². The summed E-state index contributed by atoms with van der Waals surface area (Å²) in [7, 11) is 0. The second kappa shape index (κ2) is 9.62. The Balaban J connectivity index is 1.16. The molecule has 4 heteroatoms. The number of allylic oxidation sites excluding steroid dienone is 4. The number of ether oxygens (including phenoxy) is 1. The maximum Gasteiger partial charge on any atom is 0.221 e. The summed E-state index contributed by atoms with van der Waals surface area (Å²) < 4.78 is 5.48. The molecule has 3 bridgehead atoms. The van der Waals surface area contributed by atoms with E-state index in [4.69, 9.17) is 4.74 Å². The average Bonchev–Trinajstić information content (AvgIpc) is 3.03. The molecular weight excluding hydrogens is 396 g/mol. The van der Waals surface area contributed by atoms with Gasteiger partial charge in [-0.15, -0.1) is 0 Å². The van der Waals surface area contributed by atoms with Crippen LogP contribution in [0.15, 0.2) is 23.8 Å². The molecule has 32 heavy (non-hydrogen) atoms. The maximum absolute atomic E-state index is 13.2. The third-order valence-corrected chi connectivity index (χ3v) is 9.43. The summed E-state index contributed by atoms with van der Waals surface area (Å²) in [6.45, 7) is 9.55. The van der Waals surface area contributed by atoms with E-state index in [1.54, 1.807) is 0 Å². The quantitative estimate of drug-likeness (QED) is 0.608. The highest BCUT2D eigenvalue weighted by Crippen LogP contribution is 2.53. The lowest BCUT2D eigenvalue weighted by Gasteiger charge is -2.38. The van der Waals surface area contributed by atoms with Crippen molar-refractivity contribution in [2.24, 2.45) is 35.0 Å². The van der Waals surface area contributed by atoms with Crippen molar-refractivity contribution in [2.45, 2.75) is 77.7 Å². The lowest BCUT2D eigenvalue weighted by Crippen LogP contribution is -2.47. The van der Waals surface area contributed by atoms with Gasteiger partial charge in [0.05, 0.1) is 13.2 Å². The van der Waals surface area contributed by atoms with Crippen LogP contribution in [-0.4, -0.2) is 49.7 Å². The summed E-state index contributed by atoms with van der Waals surface area (Å²) in [6, 6.07) is 0.442. The van der Waals surface area contributed by atoms with Crippen molar-refractivity contribution in [2.75, 3.05) is 32.8 Å². The van der Waals surface area contributed by atoms with Crippen LogP contribution in [0.25, 0.3) is 0 Å². The number of hydrogen-bond donors (Lipinski definition) is 1. The zero-order chi connectivity index (χ0) is 22.1. The van der Waals surface area contributed by atoms with E-state index in [2.05, 4.69) is 42.3 Å². The number of nitrogens with one attached hydrogen (secondary N) is 1. The number of carbonyl (C=O) groups excluding carboxylic acids is 1. The van der Waals surface area contributed by atoms with E-state index in [0.717, 1.165) is 62.9 Å². The number of carbonyl (C=O) groups is 1. The first-order chi connectivity index (χ1) is 15.5. The van der Waals surface area contributed by atoms with Crippen molar-refractivity contribution < 1.29 is 9.53 Å². The van der Waals surface area contributed by atoms with Crippen molar-refractivity contribution >= 4 is 5.91 Å². The van der Waals surface area contributed by atoms with Crippen LogP contribution in [0.3, 0.4) is 0 Å². The highest BCUT2D eigenvalue weighted by molar-refractivity contribution is 5.77. The van der Waals surface area contributed by atoms with Gasteiger partial charge in [0.1, 0.15) is 0 Å². The largest absolute Gasteiger partial charge is 0.379 e. The van der Waals surface area contributed by atoms with Gasteiger partial charge in [0.25, 0.3) is 0 Å². The molecule has 0 spiro atoms. The molecule has 1 amide bonds. The minimum atomic E-state index is -0.111. The van der Waals surface area contributed by atoms with Gasteiger partial charge in [0, 0.05) is 25.6 Å². The molecule has 5 rings (SSSR count). The SMILES string of the molecule is CC(C)(CC(=O)NC1C2CCCC3CC1CC3C2)C1=CC(CCN2CCOCC2)CC=C1. The zero-order valence-electron chi connectivity index (χ0n) is 20.4. The Morgan fingerprint density at radius 2 is 1.84 bits per heavy atom. The number of nitrogens with zero attached hydrogens (tertiary/aromatic N) is 1. The summed E-state index contributed by atoms with van der Waals surface area (Å²) in [6.07, 6.45) is 18.3. The summed E-state index contributed by atoms with van der Waals surface area (Å²) in [5, 5.41) is 3.57. The van der Waals surface area contributed by atoms with Crippen molar-refractivity contribution in [3.63, 3.8) is 0 Å².